The van der Waals surface area contributed by atoms with Gasteiger partial charge in [-0.25, -0.2) is 4.39 Å². The third-order valence-corrected chi connectivity index (χ3v) is 4.61. The highest BCUT2D eigenvalue weighted by atomic mass is 19.1. The summed E-state index contributed by atoms with van der Waals surface area (Å²) in [6, 6.07) is 16.5. The van der Waals surface area contributed by atoms with Crippen LogP contribution in [0, 0.1) is 12.7 Å². The number of hydrogen-bond acceptors (Lipinski definition) is 1. The number of aromatic nitrogens is 1. The van der Waals surface area contributed by atoms with Crippen LogP contribution in [-0.4, -0.2) is 10.9 Å². The summed E-state index contributed by atoms with van der Waals surface area (Å²) in [6.07, 6.45) is 0.933. The fraction of sp³-hybridized carbons (Fsp3) is 0.227. The Kier molecular flexibility index (Phi) is 4.84. The molecule has 0 amide bonds. The van der Waals surface area contributed by atoms with Gasteiger partial charge in [-0.3, -0.25) is 4.79 Å². The van der Waals surface area contributed by atoms with E-state index in [-0.39, 0.29) is 11.7 Å². The van der Waals surface area contributed by atoms with E-state index in [2.05, 4.69) is 37.5 Å². The number of aldehydes is 1. The molecule has 0 atom stereocenters. The topological polar surface area (TPSA) is 22.0 Å². The van der Waals surface area contributed by atoms with E-state index in [4.69, 9.17) is 0 Å². The van der Waals surface area contributed by atoms with Crippen LogP contribution in [-0.2, 0) is 6.54 Å². The van der Waals surface area contributed by atoms with Crippen molar-refractivity contribution >= 4 is 6.29 Å². The number of nitrogens with zero attached hydrogens (tertiary/aromatic N) is 1. The summed E-state index contributed by atoms with van der Waals surface area (Å²) < 4.78 is 15.5. The molecule has 128 valence electrons. The number of halogens is 1. The second kappa shape index (κ2) is 7.06. The molecule has 0 unspecified atom stereocenters. The summed E-state index contributed by atoms with van der Waals surface area (Å²) in [6.45, 7) is 6.92. The van der Waals surface area contributed by atoms with Gasteiger partial charge in [0.05, 0.1) is 5.69 Å². The molecule has 1 heterocycles. The number of carbonyl (C=O) groups is 1. The Morgan fingerprint density at radius 1 is 1.04 bits per heavy atom. The van der Waals surface area contributed by atoms with E-state index in [0.29, 0.717) is 12.1 Å². The molecule has 2 aromatic carbocycles. The first-order valence-electron chi connectivity index (χ1n) is 8.51. The summed E-state index contributed by atoms with van der Waals surface area (Å²) in [5.74, 6) is -0.0465. The summed E-state index contributed by atoms with van der Waals surface area (Å²) >= 11 is 0. The van der Waals surface area contributed by atoms with Gasteiger partial charge in [-0.2, -0.15) is 0 Å². The van der Waals surface area contributed by atoms with Crippen LogP contribution >= 0.6 is 0 Å². The van der Waals surface area contributed by atoms with E-state index >= 15 is 0 Å². The minimum atomic E-state index is -0.279. The van der Waals surface area contributed by atoms with Crippen LogP contribution < -0.4 is 0 Å². The summed E-state index contributed by atoms with van der Waals surface area (Å²) in [7, 11) is 0. The predicted octanol–water partition coefficient (Wildman–Crippen LogP) is 5.59. The first-order valence-corrected chi connectivity index (χ1v) is 8.51. The molecule has 0 fully saturated rings. The molecule has 0 saturated heterocycles. The lowest BCUT2D eigenvalue weighted by Crippen LogP contribution is -2.05. The van der Waals surface area contributed by atoms with E-state index < -0.39 is 0 Å². The van der Waals surface area contributed by atoms with Crippen molar-refractivity contribution in [3.63, 3.8) is 0 Å². The van der Waals surface area contributed by atoms with Gasteiger partial charge in [0.15, 0.2) is 6.29 Å². The Morgan fingerprint density at radius 2 is 1.68 bits per heavy atom. The fourth-order valence-electron chi connectivity index (χ4n) is 3.51. The molecule has 0 spiro atoms. The van der Waals surface area contributed by atoms with Gasteiger partial charge < -0.3 is 4.57 Å². The van der Waals surface area contributed by atoms with Crippen LogP contribution in [0.4, 0.5) is 4.39 Å². The SMILES string of the molecule is Cc1c(C(C)C)c(C=O)c(-c2ccc(F)cc2)n1Cc1ccccc1. The third kappa shape index (κ3) is 3.27. The Balaban J connectivity index is 2.24. The zero-order valence-corrected chi connectivity index (χ0v) is 14.8. The van der Waals surface area contributed by atoms with E-state index in [9.17, 15) is 9.18 Å². The zero-order chi connectivity index (χ0) is 18.0. The average molecular weight is 335 g/mol. The Labute approximate surface area is 147 Å². The maximum Gasteiger partial charge on any atom is 0.152 e. The Bertz CT molecular complexity index is 877. The molecule has 0 aliphatic heterocycles. The predicted molar refractivity (Wildman–Crippen MR) is 99.6 cm³/mol. The van der Waals surface area contributed by atoms with Gasteiger partial charge in [0.2, 0.25) is 0 Å². The smallest absolute Gasteiger partial charge is 0.152 e. The molecule has 2 nitrogen and oxygen atoms in total. The molecule has 0 radical (unpaired) electrons. The van der Waals surface area contributed by atoms with E-state index in [1.807, 2.05) is 18.2 Å². The highest BCUT2D eigenvalue weighted by Crippen LogP contribution is 2.35. The summed E-state index contributed by atoms with van der Waals surface area (Å²) in [5.41, 5.74) is 5.73. The fourth-order valence-corrected chi connectivity index (χ4v) is 3.51. The van der Waals surface area contributed by atoms with Crippen molar-refractivity contribution in [3.8, 4) is 11.3 Å². The van der Waals surface area contributed by atoms with Crippen LogP contribution in [0.15, 0.2) is 54.6 Å². The van der Waals surface area contributed by atoms with Crippen molar-refractivity contribution in [2.75, 3.05) is 0 Å². The number of benzene rings is 2. The maximum absolute atomic E-state index is 13.4. The standard InChI is InChI=1S/C22H22FNO/c1-15(2)21-16(3)24(13-17-7-5-4-6-8-17)22(20(21)14-25)18-9-11-19(23)12-10-18/h4-12,14-15H,13H2,1-3H3. The zero-order valence-electron chi connectivity index (χ0n) is 14.8. The van der Waals surface area contributed by atoms with Gasteiger partial charge in [0.25, 0.3) is 0 Å². The van der Waals surface area contributed by atoms with Gasteiger partial charge in [-0.05, 0) is 53.8 Å². The normalized spacial score (nSPS) is 11.1. The monoisotopic (exact) mass is 335 g/mol. The Morgan fingerprint density at radius 3 is 2.24 bits per heavy atom. The van der Waals surface area contributed by atoms with Crippen LogP contribution in [0.5, 0.6) is 0 Å². The van der Waals surface area contributed by atoms with E-state index in [0.717, 1.165) is 34.4 Å². The highest BCUT2D eigenvalue weighted by molar-refractivity contribution is 5.89. The second-order valence-electron chi connectivity index (χ2n) is 6.61. The van der Waals surface area contributed by atoms with Crippen molar-refractivity contribution in [3.05, 3.63) is 82.8 Å². The lowest BCUT2D eigenvalue weighted by atomic mass is 9.97. The highest BCUT2D eigenvalue weighted by Gasteiger charge is 2.23. The number of hydrogen-bond donors (Lipinski definition) is 0. The first-order chi connectivity index (χ1) is 12.0. The molecular formula is C22H22FNO. The number of rotatable bonds is 5. The van der Waals surface area contributed by atoms with Gasteiger partial charge in [0.1, 0.15) is 5.82 Å². The van der Waals surface area contributed by atoms with Gasteiger partial charge in [0, 0.05) is 17.8 Å². The minimum Gasteiger partial charge on any atom is -0.340 e. The molecule has 25 heavy (non-hydrogen) atoms. The molecule has 0 bridgehead atoms. The van der Waals surface area contributed by atoms with Crippen molar-refractivity contribution in [1.29, 1.82) is 0 Å². The number of carbonyl (C=O) groups excluding carboxylic acids is 1. The Hall–Kier alpha value is -2.68. The van der Waals surface area contributed by atoms with Crippen LogP contribution in [0.2, 0.25) is 0 Å². The first kappa shape index (κ1) is 17.2. The van der Waals surface area contributed by atoms with Crippen LogP contribution in [0.25, 0.3) is 11.3 Å². The van der Waals surface area contributed by atoms with Crippen molar-refractivity contribution in [2.24, 2.45) is 0 Å². The molecule has 3 rings (SSSR count). The molecule has 0 N–H and O–H groups in total. The van der Waals surface area contributed by atoms with Crippen molar-refractivity contribution in [2.45, 2.75) is 33.2 Å². The summed E-state index contributed by atoms with van der Waals surface area (Å²) in [5, 5.41) is 0. The van der Waals surface area contributed by atoms with Crippen molar-refractivity contribution < 1.29 is 9.18 Å². The molecule has 0 aliphatic rings. The van der Waals surface area contributed by atoms with E-state index in [1.54, 1.807) is 12.1 Å². The maximum atomic E-state index is 13.4. The van der Waals surface area contributed by atoms with Crippen LogP contribution in [0.1, 0.15) is 46.9 Å². The van der Waals surface area contributed by atoms with E-state index in [1.165, 1.54) is 12.1 Å². The molecule has 3 heteroatoms. The minimum absolute atomic E-state index is 0.233. The quantitative estimate of drug-likeness (QED) is 0.557. The molecule has 0 saturated carbocycles. The molecule has 1 aromatic heterocycles. The molecular weight excluding hydrogens is 313 g/mol. The summed E-state index contributed by atoms with van der Waals surface area (Å²) in [4.78, 5) is 11.9. The lowest BCUT2D eigenvalue weighted by Gasteiger charge is -2.13. The molecule has 0 aliphatic carbocycles. The largest absolute Gasteiger partial charge is 0.340 e. The third-order valence-electron chi connectivity index (χ3n) is 4.61. The second-order valence-corrected chi connectivity index (χ2v) is 6.61. The van der Waals surface area contributed by atoms with Gasteiger partial charge in [-0.1, -0.05) is 44.2 Å². The molecule has 3 aromatic rings. The van der Waals surface area contributed by atoms with Crippen LogP contribution in [0.3, 0.4) is 0 Å². The van der Waals surface area contributed by atoms with Gasteiger partial charge in [-0.15, -0.1) is 0 Å². The average Bonchev–Trinajstić information content (AvgIpc) is 2.89. The lowest BCUT2D eigenvalue weighted by molar-refractivity contribution is 0.112. The van der Waals surface area contributed by atoms with Crippen molar-refractivity contribution in [1.82, 2.24) is 4.57 Å². The van der Waals surface area contributed by atoms with Gasteiger partial charge >= 0.3 is 0 Å².